The highest BCUT2D eigenvalue weighted by atomic mass is 16.5. The second-order valence-corrected chi connectivity index (χ2v) is 4.67. The molecule has 0 bridgehead atoms. The number of ketones is 1. The summed E-state index contributed by atoms with van der Waals surface area (Å²) in [5.41, 5.74) is 0.483. The van der Waals surface area contributed by atoms with Gasteiger partial charge in [0.2, 0.25) is 0 Å². The van der Waals surface area contributed by atoms with Crippen LogP contribution in [0, 0.1) is 0 Å². The van der Waals surface area contributed by atoms with Crippen molar-refractivity contribution in [1.82, 2.24) is 0 Å². The van der Waals surface area contributed by atoms with Gasteiger partial charge in [0.05, 0.1) is 6.42 Å². The maximum Gasteiger partial charge on any atom is 0.332 e. The topological polar surface area (TPSA) is 101 Å². The smallest absolute Gasteiger partial charge is 0.332 e. The molecule has 0 spiro atoms. The van der Waals surface area contributed by atoms with Crippen LogP contribution in [0.1, 0.15) is 29.6 Å². The van der Waals surface area contributed by atoms with Crippen LogP contribution in [0.4, 0.5) is 0 Å². The molecule has 6 heteroatoms. The zero-order chi connectivity index (χ0) is 16.5. The van der Waals surface area contributed by atoms with E-state index < -0.39 is 18.4 Å². The Morgan fingerprint density at radius 3 is 2.18 bits per heavy atom. The third-order valence-electron chi connectivity index (χ3n) is 3.09. The van der Waals surface area contributed by atoms with Crippen molar-refractivity contribution in [3.63, 3.8) is 0 Å². The van der Waals surface area contributed by atoms with Gasteiger partial charge in [-0.05, 0) is 12.0 Å². The number of ether oxygens (including phenoxy) is 1. The van der Waals surface area contributed by atoms with Crippen LogP contribution in [-0.2, 0) is 14.3 Å². The Kier molecular flexibility index (Phi) is 6.98. The van der Waals surface area contributed by atoms with Crippen molar-refractivity contribution in [2.24, 2.45) is 0 Å². The van der Waals surface area contributed by atoms with Crippen LogP contribution in [0.2, 0.25) is 0 Å². The van der Waals surface area contributed by atoms with E-state index >= 15 is 0 Å². The quantitative estimate of drug-likeness (QED) is 0.535. The number of benzene rings is 1. The molecule has 0 saturated heterocycles. The Morgan fingerprint density at radius 2 is 1.68 bits per heavy atom. The van der Waals surface area contributed by atoms with Crippen molar-refractivity contribution < 1.29 is 29.3 Å². The highest BCUT2D eigenvalue weighted by Crippen LogP contribution is 2.20. The van der Waals surface area contributed by atoms with Crippen molar-refractivity contribution in [2.75, 3.05) is 13.7 Å². The summed E-state index contributed by atoms with van der Waals surface area (Å²) in [6.07, 6.45) is -0.567. The summed E-state index contributed by atoms with van der Waals surface area (Å²) >= 11 is 0. The molecule has 0 aliphatic carbocycles. The molecular weight excluding hydrogens is 288 g/mol. The number of hydrogen-bond donors (Lipinski definition) is 2. The Morgan fingerprint density at radius 1 is 1.05 bits per heavy atom. The summed E-state index contributed by atoms with van der Waals surface area (Å²) in [5.74, 6) is -2.83. The second kappa shape index (κ2) is 8.74. The summed E-state index contributed by atoms with van der Waals surface area (Å²) in [4.78, 5) is 34.3. The number of Topliss-reactive ketones (excluding diaryl/α,β-unsaturated/α-hetero) is 1. The first-order valence-electron chi connectivity index (χ1n) is 6.68. The average molecular weight is 306 g/mol. The SMILES string of the molecule is COCCC(CC(=O)c1ccccc1)=C(CC(=O)O)C(=O)O. The van der Waals surface area contributed by atoms with E-state index in [2.05, 4.69) is 0 Å². The number of carbonyl (C=O) groups excluding carboxylic acids is 1. The van der Waals surface area contributed by atoms with Crippen molar-refractivity contribution >= 4 is 17.7 Å². The zero-order valence-electron chi connectivity index (χ0n) is 12.2. The minimum absolute atomic E-state index is 0.137. The van der Waals surface area contributed by atoms with Crippen LogP contribution in [-0.4, -0.2) is 41.7 Å². The molecule has 0 atom stereocenters. The van der Waals surface area contributed by atoms with Gasteiger partial charge in [-0.25, -0.2) is 4.79 Å². The highest BCUT2D eigenvalue weighted by Gasteiger charge is 2.20. The fraction of sp³-hybridized carbons (Fsp3) is 0.312. The molecule has 6 nitrogen and oxygen atoms in total. The Bertz CT molecular complexity index is 574. The highest BCUT2D eigenvalue weighted by molar-refractivity contribution is 6.00. The van der Waals surface area contributed by atoms with Crippen molar-refractivity contribution in [1.29, 1.82) is 0 Å². The molecule has 22 heavy (non-hydrogen) atoms. The van der Waals surface area contributed by atoms with E-state index in [0.29, 0.717) is 5.56 Å². The van der Waals surface area contributed by atoms with Crippen LogP contribution in [0.15, 0.2) is 41.5 Å². The fourth-order valence-corrected chi connectivity index (χ4v) is 1.99. The van der Waals surface area contributed by atoms with Crippen molar-refractivity contribution in [3.05, 3.63) is 47.0 Å². The van der Waals surface area contributed by atoms with Gasteiger partial charge in [-0.3, -0.25) is 9.59 Å². The first-order chi connectivity index (χ1) is 10.5. The predicted molar refractivity (Wildman–Crippen MR) is 78.8 cm³/mol. The van der Waals surface area contributed by atoms with Crippen LogP contribution in [0.25, 0.3) is 0 Å². The first-order valence-corrected chi connectivity index (χ1v) is 6.68. The Balaban J connectivity index is 3.07. The van der Waals surface area contributed by atoms with Gasteiger partial charge in [-0.15, -0.1) is 0 Å². The first kappa shape index (κ1) is 17.6. The van der Waals surface area contributed by atoms with Gasteiger partial charge in [0.1, 0.15) is 0 Å². The summed E-state index contributed by atoms with van der Waals surface area (Å²) in [7, 11) is 1.45. The van der Waals surface area contributed by atoms with Gasteiger partial charge >= 0.3 is 11.9 Å². The van der Waals surface area contributed by atoms with E-state index in [-0.39, 0.29) is 36.4 Å². The summed E-state index contributed by atoms with van der Waals surface area (Å²) in [6.45, 7) is 0.216. The normalized spacial score (nSPS) is 11.7. The third-order valence-corrected chi connectivity index (χ3v) is 3.09. The standard InChI is InChI=1S/C16H18O6/c1-22-8-7-12(13(16(20)21)10-15(18)19)9-14(17)11-5-3-2-4-6-11/h2-6H,7-10H2,1H3,(H,18,19)(H,20,21). The molecule has 0 heterocycles. The van der Waals surface area contributed by atoms with E-state index in [1.807, 2.05) is 0 Å². The lowest BCUT2D eigenvalue weighted by atomic mass is 9.95. The molecule has 118 valence electrons. The largest absolute Gasteiger partial charge is 0.481 e. The molecule has 0 radical (unpaired) electrons. The van der Waals surface area contributed by atoms with Crippen LogP contribution < -0.4 is 0 Å². The molecule has 1 aromatic carbocycles. The minimum atomic E-state index is -1.32. The summed E-state index contributed by atoms with van der Waals surface area (Å²) in [6, 6.07) is 8.45. The lowest BCUT2D eigenvalue weighted by molar-refractivity contribution is -0.139. The molecule has 0 fully saturated rings. The van der Waals surface area contributed by atoms with Crippen LogP contribution in [0.5, 0.6) is 0 Å². The average Bonchev–Trinajstić information content (AvgIpc) is 2.49. The minimum Gasteiger partial charge on any atom is -0.481 e. The van der Waals surface area contributed by atoms with E-state index in [1.165, 1.54) is 7.11 Å². The van der Waals surface area contributed by atoms with E-state index in [9.17, 15) is 19.5 Å². The third kappa shape index (κ3) is 5.49. The lowest BCUT2D eigenvalue weighted by Crippen LogP contribution is -2.13. The number of aliphatic carboxylic acids is 2. The second-order valence-electron chi connectivity index (χ2n) is 4.67. The fourth-order valence-electron chi connectivity index (χ4n) is 1.99. The van der Waals surface area contributed by atoms with Gasteiger partial charge in [0.25, 0.3) is 0 Å². The predicted octanol–water partition coefficient (Wildman–Crippen LogP) is 2.15. The van der Waals surface area contributed by atoms with Crippen molar-refractivity contribution in [3.8, 4) is 0 Å². The number of methoxy groups -OCH3 is 1. The van der Waals surface area contributed by atoms with Gasteiger partial charge in [0.15, 0.2) is 5.78 Å². The molecule has 0 saturated carbocycles. The van der Waals surface area contributed by atoms with E-state index in [0.717, 1.165) is 0 Å². The molecule has 0 unspecified atom stereocenters. The molecule has 2 N–H and O–H groups in total. The maximum absolute atomic E-state index is 12.2. The number of hydrogen-bond acceptors (Lipinski definition) is 4. The molecule has 0 aliphatic heterocycles. The maximum atomic E-state index is 12.2. The van der Waals surface area contributed by atoms with Crippen molar-refractivity contribution in [2.45, 2.75) is 19.3 Å². The zero-order valence-corrected chi connectivity index (χ0v) is 12.2. The molecule has 1 aromatic rings. The van der Waals surface area contributed by atoms with E-state index in [4.69, 9.17) is 9.84 Å². The number of carboxylic acid groups (broad SMARTS) is 2. The summed E-state index contributed by atoms with van der Waals surface area (Å²) in [5, 5.41) is 18.0. The molecule has 0 amide bonds. The summed E-state index contributed by atoms with van der Waals surface area (Å²) < 4.78 is 4.91. The molecular formula is C16H18O6. The number of rotatable bonds is 9. The molecule has 1 rings (SSSR count). The lowest BCUT2D eigenvalue weighted by Gasteiger charge is -2.11. The van der Waals surface area contributed by atoms with Gasteiger partial charge in [-0.1, -0.05) is 30.3 Å². The van der Waals surface area contributed by atoms with Crippen LogP contribution in [0.3, 0.4) is 0 Å². The molecule has 0 aliphatic rings. The van der Waals surface area contributed by atoms with E-state index in [1.54, 1.807) is 30.3 Å². The van der Waals surface area contributed by atoms with Crippen LogP contribution >= 0.6 is 0 Å². The number of carboxylic acids is 2. The Labute approximate surface area is 128 Å². The monoisotopic (exact) mass is 306 g/mol. The van der Waals surface area contributed by atoms with Gasteiger partial charge in [0, 0.05) is 31.3 Å². The number of carbonyl (C=O) groups is 3. The van der Waals surface area contributed by atoms with Gasteiger partial charge in [-0.2, -0.15) is 0 Å². The van der Waals surface area contributed by atoms with Gasteiger partial charge < -0.3 is 14.9 Å². The Hall–Kier alpha value is -2.47. The molecule has 0 aromatic heterocycles.